The van der Waals surface area contributed by atoms with E-state index in [1.165, 1.54) is 0 Å². The summed E-state index contributed by atoms with van der Waals surface area (Å²) >= 11 is 5.88. The van der Waals surface area contributed by atoms with E-state index >= 15 is 0 Å². The fourth-order valence-electron chi connectivity index (χ4n) is 2.86. The van der Waals surface area contributed by atoms with Gasteiger partial charge >= 0.3 is 0 Å². The van der Waals surface area contributed by atoms with Crippen LogP contribution in [0.1, 0.15) is 0 Å². The van der Waals surface area contributed by atoms with Gasteiger partial charge in [0.05, 0.1) is 17.8 Å². The minimum Gasteiger partial charge on any atom is -0.423 e. The van der Waals surface area contributed by atoms with Crippen LogP contribution in [0.3, 0.4) is 0 Å². The average Bonchev–Trinajstić information content (AvgIpc) is 3.19. The number of para-hydroxylation sites is 2. The highest BCUT2D eigenvalue weighted by atomic mass is 35.5. The lowest BCUT2D eigenvalue weighted by Gasteiger charge is -2.33. The Morgan fingerprint density at radius 2 is 1.91 bits per heavy atom. The summed E-state index contributed by atoms with van der Waals surface area (Å²) in [4.78, 5) is 9.20. The van der Waals surface area contributed by atoms with Crippen LogP contribution in [0, 0.1) is 0 Å². The second kappa shape index (κ2) is 6.22. The standard InChI is InChI=1S/C16H18ClN5O/c17-13-11-18-22(12-13)10-7-20-5-8-21(9-6-20)16-19-14-3-1-2-4-15(14)23-16/h1-4,11-12H,5-10H2. The fraction of sp³-hybridized carbons (Fsp3) is 0.375. The van der Waals surface area contributed by atoms with Crippen molar-refractivity contribution in [2.75, 3.05) is 37.6 Å². The second-order valence-electron chi connectivity index (χ2n) is 5.71. The molecule has 0 atom stereocenters. The minimum absolute atomic E-state index is 0.686. The first-order valence-electron chi connectivity index (χ1n) is 7.79. The molecule has 1 fully saturated rings. The summed E-state index contributed by atoms with van der Waals surface area (Å²) in [6.07, 6.45) is 3.53. The Balaban J connectivity index is 1.33. The van der Waals surface area contributed by atoms with E-state index in [0.717, 1.165) is 56.4 Å². The summed E-state index contributed by atoms with van der Waals surface area (Å²) in [6, 6.07) is 8.61. The van der Waals surface area contributed by atoms with Gasteiger partial charge in [-0.1, -0.05) is 23.7 Å². The van der Waals surface area contributed by atoms with Crippen LogP contribution in [-0.4, -0.2) is 52.4 Å². The molecule has 1 aliphatic heterocycles. The quantitative estimate of drug-likeness (QED) is 0.735. The third-order valence-corrected chi connectivity index (χ3v) is 4.37. The molecule has 1 saturated heterocycles. The number of halogens is 1. The van der Waals surface area contributed by atoms with Gasteiger partial charge < -0.3 is 9.32 Å². The van der Waals surface area contributed by atoms with Crippen molar-refractivity contribution in [3.63, 3.8) is 0 Å². The molecule has 0 bridgehead atoms. The Hall–Kier alpha value is -2.05. The number of aromatic nitrogens is 3. The van der Waals surface area contributed by atoms with Crippen molar-refractivity contribution in [1.29, 1.82) is 0 Å². The van der Waals surface area contributed by atoms with Gasteiger partial charge in [-0.2, -0.15) is 10.1 Å². The van der Waals surface area contributed by atoms with Gasteiger partial charge in [0, 0.05) is 38.9 Å². The number of hydrogen-bond donors (Lipinski definition) is 0. The summed E-state index contributed by atoms with van der Waals surface area (Å²) in [5.74, 6) is 0. The van der Waals surface area contributed by atoms with E-state index in [1.54, 1.807) is 6.20 Å². The summed E-state index contributed by atoms with van der Waals surface area (Å²) in [7, 11) is 0. The number of rotatable bonds is 4. The normalized spacial score (nSPS) is 16.3. The predicted octanol–water partition coefficient (Wildman–Crippen LogP) is 2.50. The van der Waals surface area contributed by atoms with Gasteiger partial charge in [-0.15, -0.1) is 0 Å². The van der Waals surface area contributed by atoms with E-state index in [2.05, 4.69) is 19.9 Å². The maximum absolute atomic E-state index is 5.88. The molecule has 1 aliphatic rings. The van der Waals surface area contributed by atoms with E-state index < -0.39 is 0 Å². The zero-order valence-corrected chi connectivity index (χ0v) is 13.5. The highest BCUT2D eigenvalue weighted by molar-refractivity contribution is 6.30. The van der Waals surface area contributed by atoms with E-state index in [0.29, 0.717) is 5.02 Å². The highest BCUT2D eigenvalue weighted by Crippen LogP contribution is 2.22. The van der Waals surface area contributed by atoms with Crippen LogP contribution in [0.5, 0.6) is 0 Å². The average molecular weight is 332 g/mol. The number of oxazole rings is 1. The Bertz CT molecular complexity index is 757. The zero-order chi connectivity index (χ0) is 15.6. The number of fused-ring (bicyclic) bond motifs is 1. The van der Waals surface area contributed by atoms with Crippen LogP contribution in [0.4, 0.5) is 6.01 Å². The Morgan fingerprint density at radius 1 is 1.09 bits per heavy atom. The molecule has 4 rings (SSSR count). The van der Waals surface area contributed by atoms with Gasteiger partial charge in [0.1, 0.15) is 5.52 Å². The minimum atomic E-state index is 0.686. The van der Waals surface area contributed by atoms with Crippen LogP contribution < -0.4 is 4.90 Å². The molecule has 0 aliphatic carbocycles. The first-order valence-corrected chi connectivity index (χ1v) is 8.16. The monoisotopic (exact) mass is 331 g/mol. The molecule has 0 spiro atoms. The first-order chi connectivity index (χ1) is 11.3. The molecule has 1 aromatic carbocycles. The Kier molecular flexibility index (Phi) is 3.93. The van der Waals surface area contributed by atoms with Crippen molar-refractivity contribution in [2.45, 2.75) is 6.54 Å². The van der Waals surface area contributed by atoms with Gasteiger partial charge in [-0.05, 0) is 12.1 Å². The molecule has 120 valence electrons. The molecule has 0 saturated carbocycles. The van der Waals surface area contributed by atoms with Crippen LogP contribution >= 0.6 is 11.6 Å². The van der Waals surface area contributed by atoms with Crippen molar-refractivity contribution in [3.05, 3.63) is 41.7 Å². The summed E-state index contributed by atoms with van der Waals surface area (Å²) in [5, 5.41) is 4.90. The van der Waals surface area contributed by atoms with Crippen LogP contribution in [0.25, 0.3) is 11.1 Å². The van der Waals surface area contributed by atoms with Crippen molar-refractivity contribution >= 4 is 28.7 Å². The number of anilines is 1. The molecule has 6 nitrogen and oxygen atoms in total. The summed E-state index contributed by atoms with van der Waals surface area (Å²) in [5.41, 5.74) is 1.76. The van der Waals surface area contributed by atoms with Gasteiger partial charge in [-0.3, -0.25) is 9.58 Å². The summed E-state index contributed by atoms with van der Waals surface area (Å²) < 4.78 is 7.73. The maximum Gasteiger partial charge on any atom is 0.298 e. The lowest BCUT2D eigenvalue weighted by atomic mass is 10.3. The molecule has 2 aromatic heterocycles. The SMILES string of the molecule is Clc1cnn(CCN2CCN(c3nc4ccccc4o3)CC2)c1. The van der Waals surface area contributed by atoms with E-state index in [9.17, 15) is 0 Å². The molecule has 0 radical (unpaired) electrons. The molecule has 23 heavy (non-hydrogen) atoms. The van der Waals surface area contributed by atoms with E-state index in [-0.39, 0.29) is 0 Å². The van der Waals surface area contributed by atoms with E-state index in [4.69, 9.17) is 16.0 Å². The largest absolute Gasteiger partial charge is 0.423 e. The predicted molar refractivity (Wildman–Crippen MR) is 89.9 cm³/mol. The third kappa shape index (κ3) is 3.18. The van der Waals surface area contributed by atoms with Gasteiger partial charge in [-0.25, -0.2) is 0 Å². The Morgan fingerprint density at radius 3 is 2.65 bits per heavy atom. The maximum atomic E-state index is 5.88. The number of nitrogens with zero attached hydrogens (tertiary/aromatic N) is 5. The van der Waals surface area contributed by atoms with Crippen LogP contribution in [-0.2, 0) is 6.54 Å². The van der Waals surface area contributed by atoms with Crippen molar-refractivity contribution in [2.24, 2.45) is 0 Å². The zero-order valence-electron chi connectivity index (χ0n) is 12.7. The molecular weight excluding hydrogens is 314 g/mol. The first kappa shape index (κ1) is 14.5. The lowest BCUT2D eigenvalue weighted by Crippen LogP contribution is -2.47. The molecule has 0 N–H and O–H groups in total. The topological polar surface area (TPSA) is 50.3 Å². The number of piperazine rings is 1. The Labute approximate surface area is 139 Å². The van der Waals surface area contributed by atoms with Crippen LogP contribution in [0.15, 0.2) is 41.1 Å². The molecular formula is C16H18ClN5O. The van der Waals surface area contributed by atoms with Gasteiger partial charge in [0.15, 0.2) is 5.58 Å². The van der Waals surface area contributed by atoms with Crippen molar-refractivity contribution in [1.82, 2.24) is 19.7 Å². The lowest BCUT2D eigenvalue weighted by molar-refractivity contribution is 0.240. The van der Waals surface area contributed by atoms with E-state index in [1.807, 2.05) is 35.1 Å². The van der Waals surface area contributed by atoms with Gasteiger partial charge in [0.2, 0.25) is 0 Å². The smallest absolute Gasteiger partial charge is 0.298 e. The van der Waals surface area contributed by atoms with Crippen molar-refractivity contribution < 1.29 is 4.42 Å². The van der Waals surface area contributed by atoms with Crippen molar-refractivity contribution in [3.8, 4) is 0 Å². The van der Waals surface area contributed by atoms with Crippen LogP contribution in [0.2, 0.25) is 5.02 Å². The van der Waals surface area contributed by atoms with Gasteiger partial charge in [0.25, 0.3) is 6.01 Å². The number of hydrogen-bond acceptors (Lipinski definition) is 5. The molecule has 3 heterocycles. The molecule has 7 heteroatoms. The highest BCUT2D eigenvalue weighted by Gasteiger charge is 2.20. The summed E-state index contributed by atoms with van der Waals surface area (Å²) in [6.45, 7) is 5.66. The molecule has 0 unspecified atom stereocenters. The third-order valence-electron chi connectivity index (χ3n) is 4.17. The molecule has 0 amide bonds. The number of benzene rings is 1. The molecule has 3 aromatic rings. The second-order valence-corrected chi connectivity index (χ2v) is 6.15. The fourth-order valence-corrected chi connectivity index (χ4v) is 3.02.